The molecule has 0 amide bonds. The van der Waals surface area contributed by atoms with Gasteiger partial charge in [0, 0.05) is 23.7 Å². The van der Waals surface area contributed by atoms with Gasteiger partial charge in [0.2, 0.25) is 0 Å². The number of hydrogen-bond acceptors (Lipinski definition) is 2. The van der Waals surface area contributed by atoms with E-state index in [1.165, 1.54) is 6.07 Å². The van der Waals surface area contributed by atoms with Crippen LogP contribution in [0.1, 0.15) is 12.5 Å². The minimum absolute atomic E-state index is 0.324. The molecule has 0 heterocycles. The van der Waals surface area contributed by atoms with E-state index in [0.29, 0.717) is 23.7 Å². The number of benzene rings is 1. The van der Waals surface area contributed by atoms with Crippen molar-refractivity contribution in [3.05, 3.63) is 34.6 Å². The summed E-state index contributed by atoms with van der Waals surface area (Å²) in [7, 11) is 0. The van der Waals surface area contributed by atoms with Crippen LogP contribution >= 0.6 is 11.6 Å². The van der Waals surface area contributed by atoms with Gasteiger partial charge in [0.05, 0.1) is 6.10 Å². The first-order chi connectivity index (χ1) is 6.61. The molecule has 0 spiro atoms. The quantitative estimate of drug-likeness (QED) is 0.808. The van der Waals surface area contributed by atoms with Gasteiger partial charge in [-0.15, -0.1) is 0 Å². The van der Waals surface area contributed by atoms with Gasteiger partial charge in [-0.1, -0.05) is 17.7 Å². The lowest BCUT2D eigenvalue weighted by Crippen LogP contribution is -2.24. The molecule has 1 atom stereocenters. The maximum Gasteiger partial charge on any atom is 0.129 e. The fourth-order valence-electron chi connectivity index (χ4n) is 1.11. The Kier molecular flexibility index (Phi) is 4.32. The molecule has 0 saturated heterocycles. The molecule has 0 radical (unpaired) electrons. The predicted octanol–water partition coefficient (Wildman–Crippen LogP) is 1.95. The van der Waals surface area contributed by atoms with E-state index in [4.69, 9.17) is 16.7 Å². The Morgan fingerprint density at radius 2 is 2.29 bits per heavy atom. The Bertz CT molecular complexity index is 284. The maximum absolute atomic E-state index is 13.2. The third kappa shape index (κ3) is 3.25. The Morgan fingerprint density at radius 3 is 2.86 bits per heavy atom. The summed E-state index contributed by atoms with van der Waals surface area (Å²) in [6.07, 6.45) is -0.444. The summed E-state index contributed by atoms with van der Waals surface area (Å²) >= 11 is 5.80. The van der Waals surface area contributed by atoms with Crippen LogP contribution in [0.4, 0.5) is 4.39 Å². The van der Waals surface area contributed by atoms with Crippen molar-refractivity contribution in [1.29, 1.82) is 0 Å². The van der Waals surface area contributed by atoms with Crippen molar-refractivity contribution < 1.29 is 9.50 Å². The largest absolute Gasteiger partial charge is 0.392 e. The Hall–Kier alpha value is -0.640. The second-order valence-corrected chi connectivity index (χ2v) is 3.59. The molecular weight excluding hydrogens is 205 g/mol. The highest BCUT2D eigenvalue weighted by molar-refractivity contribution is 6.31. The monoisotopic (exact) mass is 217 g/mol. The molecule has 0 bridgehead atoms. The number of halogens is 2. The molecule has 14 heavy (non-hydrogen) atoms. The first-order valence-electron chi connectivity index (χ1n) is 4.43. The zero-order valence-electron chi connectivity index (χ0n) is 7.93. The molecule has 0 aliphatic carbocycles. The molecule has 0 fully saturated rings. The molecule has 2 nitrogen and oxygen atoms in total. The molecule has 1 rings (SSSR count). The van der Waals surface area contributed by atoms with Crippen molar-refractivity contribution in [2.24, 2.45) is 0 Å². The normalized spacial score (nSPS) is 12.9. The second kappa shape index (κ2) is 5.29. The van der Waals surface area contributed by atoms with E-state index in [0.717, 1.165) is 0 Å². The minimum Gasteiger partial charge on any atom is -0.392 e. The van der Waals surface area contributed by atoms with Crippen LogP contribution in [0, 0.1) is 5.82 Å². The molecule has 1 aromatic carbocycles. The summed E-state index contributed by atoms with van der Waals surface area (Å²) in [6.45, 7) is 2.41. The van der Waals surface area contributed by atoms with E-state index in [2.05, 4.69) is 5.32 Å². The summed E-state index contributed by atoms with van der Waals surface area (Å²) in [5.74, 6) is -0.324. The molecular formula is C10H13ClFNO. The molecule has 0 aliphatic heterocycles. The van der Waals surface area contributed by atoms with Gasteiger partial charge in [0.1, 0.15) is 5.82 Å². The second-order valence-electron chi connectivity index (χ2n) is 3.18. The number of rotatable bonds is 4. The SMILES string of the molecule is C[C@H](O)CNCc1c(F)cccc1Cl. The van der Waals surface area contributed by atoms with Crippen molar-refractivity contribution in [2.45, 2.75) is 19.6 Å². The summed E-state index contributed by atoms with van der Waals surface area (Å²) in [5, 5.41) is 12.3. The highest BCUT2D eigenvalue weighted by Crippen LogP contribution is 2.18. The Balaban J connectivity index is 2.58. The maximum atomic E-state index is 13.2. The van der Waals surface area contributed by atoms with E-state index < -0.39 is 6.10 Å². The standard InChI is InChI=1S/C10H13ClFNO/c1-7(14)5-13-6-8-9(11)3-2-4-10(8)12/h2-4,7,13-14H,5-6H2,1H3/t7-/m0/s1. The lowest BCUT2D eigenvalue weighted by molar-refractivity contribution is 0.191. The van der Waals surface area contributed by atoms with Crippen molar-refractivity contribution in [3.8, 4) is 0 Å². The van der Waals surface area contributed by atoms with Crippen LogP contribution < -0.4 is 5.32 Å². The molecule has 1 aromatic rings. The van der Waals surface area contributed by atoms with Crippen LogP contribution in [-0.2, 0) is 6.54 Å². The molecule has 4 heteroatoms. The molecule has 78 valence electrons. The van der Waals surface area contributed by atoms with E-state index in [9.17, 15) is 4.39 Å². The predicted molar refractivity (Wildman–Crippen MR) is 54.8 cm³/mol. The van der Waals surface area contributed by atoms with Crippen molar-refractivity contribution in [3.63, 3.8) is 0 Å². The van der Waals surface area contributed by atoms with E-state index in [-0.39, 0.29) is 5.82 Å². The van der Waals surface area contributed by atoms with Crippen molar-refractivity contribution in [1.82, 2.24) is 5.32 Å². The third-order valence-corrected chi connectivity index (χ3v) is 2.16. The van der Waals surface area contributed by atoms with Gasteiger partial charge in [-0.05, 0) is 19.1 Å². The van der Waals surface area contributed by atoms with Gasteiger partial charge >= 0.3 is 0 Å². The Morgan fingerprint density at radius 1 is 1.57 bits per heavy atom. The summed E-state index contributed by atoms with van der Waals surface area (Å²) in [6, 6.07) is 4.57. The van der Waals surface area contributed by atoms with Crippen LogP contribution in [0.2, 0.25) is 5.02 Å². The van der Waals surface area contributed by atoms with Gasteiger partial charge in [0.25, 0.3) is 0 Å². The zero-order chi connectivity index (χ0) is 10.6. The third-order valence-electron chi connectivity index (χ3n) is 1.80. The fourth-order valence-corrected chi connectivity index (χ4v) is 1.34. The molecule has 0 unspecified atom stereocenters. The molecule has 0 saturated carbocycles. The first kappa shape index (κ1) is 11.4. The highest BCUT2D eigenvalue weighted by Gasteiger charge is 2.06. The summed E-state index contributed by atoms with van der Waals surface area (Å²) in [4.78, 5) is 0. The minimum atomic E-state index is -0.444. The average molecular weight is 218 g/mol. The van der Waals surface area contributed by atoms with Crippen LogP contribution in [0.3, 0.4) is 0 Å². The van der Waals surface area contributed by atoms with E-state index >= 15 is 0 Å². The number of nitrogens with one attached hydrogen (secondary N) is 1. The fraction of sp³-hybridized carbons (Fsp3) is 0.400. The number of aliphatic hydroxyl groups excluding tert-OH is 1. The smallest absolute Gasteiger partial charge is 0.129 e. The molecule has 0 aliphatic rings. The highest BCUT2D eigenvalue weighted by atomic mass is 35.5. The van der Waals surface area contributed by atoms with E-state index in [1.807, 2.05) is 0 Å². The summed E-state index contributed by atoms with van der Waals surface area (Å²) in [5.41, 5.74) is 0.440. The van der Waals surface area contributed by atoms with Gasteiger partial charge in [-0.25, -0.2) is 4.39 Å². The van der Waals surface area contributed by atoms with Gasteiger partial charge in [-0.3, -0.25) is 0 Å². The van der Waals surface area contributed by atoms with Crippen molar-refractivity contribution >= 4 is 11.6 Å². The van der Waals surface area contributed by atoms with E-state index in [1.54, 1.807) is 19.1 Å². The van der Waals surface area contributed by atoms with Crippen LogP contribution in [-0.4, -0.2) is 17.8 Å². The van der Waals surface area contributed by atoms with Gasteiger partial charge in [0.15, 0.2) is 0 Å². The van der Waals surface area contributed by atoms with Gasteiger partial charge in [-0.2, -0.15) is 0 Å². The van der Waals surface area contributed by atoms with Gasteiger partial charge < -0.3 is 10.4 Å². The van der Waals surface area contributed by atoms with Crippen LogP contribution in [0.25, 0.3) is 0 Å². The first-order valence-corrected chi connectivity index (χ1v) is 4.80. The summed E-state index contributed by atoms with van der Waals surface area (Å²) < 4.78 is 13.2. The topological polar surface area (TPSA) is 32.3 Å². The van der Waals surface area contributed by atoms with Crippen molar-refractivity contribution in [2.75, 3.05) is 6.54 Å². The lowest BCUT2D eigenvalue weighted by Gasteiger charge is -2.08. The molecule has 0 aromatic heterocycles. The van der Waals surface area contributed by atoms with Crippen LogP contribution in [0.15, 0.2) is 18.2 Å². The lowest BCUT2D eigenvalue weighted by atomic mass is 10.2. The Labute approximate surface area is 87.7 Å². The molecule has 2 N–H and O–H groups in total. The number of aliphatic hydroxyl groups is 1. The number of hydrogen-bond donors (Lipinski definition) is 2. The van der Waals surface area contributed by atoms with Crippen LogP contribution in [0.5, 0.6) is 0 Å². The zero-order valence-corrected chi connectivity index (χ0v) is 8.68. The average Bonchev–Trinajstić information content (AvgIpc) is 2.09.